The number of carbonyl (C=O) groups excluding carboxylic acids is 2. The van der Waals surface area contributed by atoms with Crippen LogP contribution in [0.1, 0.15) is 24.2 Å². The Morgan fingerprint density at radius 1 is 1.14 bits per heavy atom. The average molecular weight is 295 g/mol. The fourth-order valence-electron chi connectivity index (χ4n) is 1.84. The second kappa shape index (κ2) is 8.14. The third-order valence-electron chi connectivity index (χ3n) is 2.93. The summed E-state index contributed by atoms with van der Waals surface area (Å²) in [7, 11) is 3.02. The molecule has 116 valence electrons. The van der Waals surface area contributed by atoms with E-state index in [0.29, 0.717) is 23.6 Å². The first-order valence-electron chi connectivity index (χ1n) is 6.74. The Bertz CT molecular complexity index is 501. The first kappa shape index (κ1) is 16.8. The molecule has 6 nitrogen and oxygen atoms in total. The number of ether oxygens (including phenoxy) is 3. The fourth-order valence-corrected chi connectivity index (χ4v) is 1.84. The van der Waals surface area contributed by atoms with Crippen molar-refractivity contribution in [2.45, 2.75) is 13.8 Å². The number of methoxy groups -OCH3 is 2. The van der Waals surface area contributed by atoms with Crippen molar-refractivity contribution in [3.05, 3.63) is 23.8 Å². The van der Waals surface area contributed by atoms with Gasteiger partial charge in [-0.1, -0.05) is 0 Å². The van der Waals surface area contributed by atoms with Crippen LogP contribution in [-0.2, 0) is 9.53 Å². The number of likely N-dealkylation sites (N-methyl/N-ethyl adjacent to an activating group) is 1. The molecule has 0 saturated carbocycles. The quantitative estimate of drug-likeness (QED) is 0.717. The molecule has 0 fully saturated rings. The molecule has 1 aromatic carbocycles. The maximum atomic E-state index is 12.5. The van der Waals surface area contributed by atoms with Crippen LogP contribution in [0.2, 0.25) is 0 Å². The van der Waals surface area contributed by atoms with Gasteiger partial charge in [-0.3, -0.25) is 9.59 Å². The predicted molar refractivity (Wildman–Crippen MR) is 77.8 cm³/mol. The fraction of sp³-hybridized carbons (Fsp3) is 0.467. The van der Waals surface area contributed by atoms with E-state index in [1.807, 2.05) is 0 Å². The van der Waals surface area contributed by atoms with E-state index in [2.05, 4.69) is 0 Å². The summed E-state index contributed by atoms with van der Waals surface area (Å²) in [6.45, 7) is 4.12. The van der Waals surface area contributed by atoms with E-state index < -0.39 is 5.97 Å². The van der Waals surface area contributed by atoms with Crippen LogP contribution in [0, 0.1) is 0 Å². The van der Waals surface area contributed by atoms with Crippen molar-refractivity contribution in [2.24, 2.45) is 0 Å². The lowest BCUT2D eigenvalue weighted by atomic mass is 10.1. The lowest BCUT2D eigenvalue weighted by molar-refractivity contribution is -0.143. The topological polar surface area (TPSA) is 65.1 Å². The molecule has 6 heteroatoms. The van der Waals surface area contributed by atoms with Crippen LogP contribution in [0.25, 0.3) is 0 Å². The highest BCUT2D eigenvalue weighted by Gasteiger charge is 2.21. The van der Waals surface area contributed by atoms with Crippen LogP contribution in [0.3, 0.4) is 0 Å². The molecule has 0 N–H and O–H groups in total. The van der Waals surface area contributed by atoms with E-state index in [-0.39, 0.29) is 19.1 Å². The number of rotatable bonds is 7. The van der Waals surface area contributed by atoms with E-state index in [9.17, 15) is 9.59 Å². The Morgan fingerprint density at radius 3 is 2.38 bits per heavy atom. The van der Waals surface area contributed by atoms with Gasteiger partial charge in [0, 0.05) is 12.6 Å². The van der Waals surface area contributed by atoms with Gasteiger partial charge in [0.05, 0.1) is 26.4 Å². The highest BCUT2D eigenvalue weighted by molar-refractivity contribution is 5.98. The monoisotopic (exact) mass is 295 g/mol. The molecule has 0 aliphatic heterocycles. The first-order chi connectivity index (χ1) is 10.1. The summed E-state index contributed by atoms with van der Waals surface area (Å²) < 4.78 is 15.2. The van der Waals surface area contributed by atoms with Crippen molar-refractivity contribution < 1.29 is 23.8 Å². The Balaban J connectivity index is 2.96. The summed E-state index contributed by atoms with van der Waals surface area (Å²) in [5.74, 6) is 0.281. The summed E-state index contributed by atoms with van der Waals surface area (Å²) in [5.41, 5.74) is 0.379. The van der Waals surface area contributed by atoms with Gasteiger partial charge in [0.25, 0.3) is 5.91 Å². The summed E-state index contributed by atoms with van der Waals surface area (Å²) in [6, 6.07) is 4.92. The molecule has 0 radical (unpaired) electrons. The van der Waals surface area contributed by atoms with Gasteiger partial charge in [0.2, 0.25) is 0 Å². The van der Waals surface area contributed by atoms with E-state index >= 15 is 0 Å². The molecule has 0 bridgehead atoms. The Labute approximate surface area is 124 Å². The van der Waals surface area contributed by atoms with Gasteiger partial charge < -0.3 is 19.1 Å². The van der Waals surface area contributed by atoms with Crippen molar-refractivity contribution in [3.8, 4) is 11.5 Å². The van der Waals surface area contributed by atoms with Crippen molar-refractivity contribution in [1.82, 2.24) is 4.90 Å². The van der Waals surface area contributed by atoms with Crippen LogP contribution in [-0.4, -0.2) is 50.7 Å². The third kappa shape index (κ3) is 4.37. The van der Waals surface area contributed by atoms with Crippen molar-refractivity contribution in [3.63, 3.8) is 0 Å². The molecule has 0 aliphatic rings. The minimum absolute atomic E-state index is 0.0850. The molecular formula is C15H21NO5. The van der Waals surface area contributed by atoms with Crippen LogP contribution in [0.5, 0.6) is 11.5 Å². The molecule has 1 rings (SSSR count). The summed E-state index contributed by atoms with van der Waals surface area (Å²) in [6.07, 6.45) is 0. The van der Waals surface area contributed by atoms with Gasteiger partial charge in [-0.05, 0) is 26.0 Å². The zero-order chi connectivity index (χ0) is 15.8. The van der Waals surface area contributed by atoms with E-state index in [4.69, 9.17) is 14.2 Å². The number of hydrogen-bond donors (Lipinski definition) is 0. The number of nitrogens with zero attached hydrogens (tertiary/aromatic N) is 1. The van der Waals surface area contributed by atoms with Crippen LogP contribution < -0.4 is 9.47 Å². The van der Waals surface area contributed by atoms with E-state index in [1.54, 1.807) is 32.0 Å². The Morgan fingerprint density at radius 2 is 1.86 bits per heavy atom. The minimum Gasteiger partial charge on any atom is -0.497 e. The number of benzene rings is 1. The standard InChI is InChI=1S/C15H21NO5/c1-5-16(10-14(17)21-6-2)15(18)12-8-7-11(19-3)9-13(12)20-4/h7-9H,5-6,10H2,1-4H3. The third-order valence-corrected chi connectivity index (χ3v) is 2.93. The summed E-state index contributed by atoms with van der Waals surface area (Å²) in [4.78, 5) is 25.4. The molecule has 0 spiro atoms. The lowest BCUT2D eigenvalue weighted by Gasteiger charge is -2.21. The Kier molecular flexibility index (Phi) is 6.52. The second-order valence-corrected chi connectivity index (χ2v) is 4.19. The molecule has 1 aromatic rings. The van der Waals surface area contributed by atoms with Crippen molar-refractivity contribution in [1.29, 1.82) is 0 Å². The minimum atomic E-state index is -0.430. The van der Waals surface area contributed by atoms with Crippen LogP contribution in [0.15, 0.2) is 18.2 Å². The average Bonchev–Trinajstić information content (AvgIpc) is 2.51. The molecule has 0 atom stereocenters. The van der Waals surface area contributed by atoms with E-state index in [0.717, 1.165) is 0 Å². The smallest absolute Gasteiger partial charge is 0.325 e. The maximum Gasteiger partial charge on any atom is 0.325 e. The maximum absolute atomic E-state index is 12.5. The first-order valence-corrected chi connectivity index (χ1v) is 6.74. The SMILES string of the molecule is CCOC(=O)CN(CC)C(=O)c1ccc(OC)cc1OC. The van der Waals surface area contributed by atoms with Gasteiger partial charge in [-0.15, -0.1) is 0 Å². The molecule has 0 unspecified atom stereocenters. The van der Waals surface area contributed by atoms with Crippen molar-refractivity contribution >= 4 is 11.9 Å². The zero-order valence-electron chi connectivity index (χ0n) is 12.8. The number of esters is 1. The van der Waals surface area contributed by atoms with Crippen LogP contribution >= 0.6 is 0 Å². The number of hydrogen-bond acceptors (Lipinski definition) is 5. The van der Waals surface area contributed by atoms with Crippen LogP contribution in [0.4, 0.5) is 0 Å². The Hall–Kier alpha value is -2.24. The van der Waals surface area contributed by atoms with Gasteiger partial charge >= 0.3 is 5.97 Å². The second-order valence-electron chi connectivity index (χ2n) is 4.19. The molecule has 0 aromatic heterocycles. The van der Waals surface area contributed by atoms with Crippen molar-refractivity contribution in [2.75, 3.05) is 33.9 Å². The van der Waals surface area contributed by atoms with Gasteiger partial charge in [0.1, 0.15) is 18.0 Å². The molecule has 1 amide bonds. The van der Waals surface area contributed by atoms with Gasteiger partial charge in [0.15, 0.2) is 0 Å². The largest absolute Gasteiger partial charge is 0.497 e. The van der Waals surface area contributed by atoms with Gasteiger partial charge in [-0.25, -0.2) is 0 Å². The molecule has 21 heavy (non-hydrogen) atoms. The normalized spacial score (nSPS) is 9.90. The predicted octanol–water partition coefficient (Wildman–Crippen LogP) is 1.73. The number of amides is 1. The highest BCUT2D eigenvalue weighted by Crippen LogP contribution is 2.25. The highest BCUT2D eigenvalue weighted by atomic mass is 16.5. The zero-order valence-corrected chi connectivity index (χ0v) is 12.8. The van der Waals surface area contributed by atoms with E-state index in [1.165, 1.54) is 19.1 Å². The summed E-state index contributed by atoms with van der Waals surface area (Å²) in [5, 5.41) is 0. The number of carbonyl (C=O) groups is 2. The molecular weight excluding hydrogens is 274 g/mol. The van der Waals surface area contributed by atoms with Gasteiger partial charge in [-0.2, -0.15) is 0 Å². The molecule has 0 heterocycles. The molecule has 0 aliphatic carbocycles. The lowest BCUT2D eigenvalue weighted by Crippen LogP contribution is -2.36. The molecule has 0 saturated heterocycles. The summed E-state index contributed by atoms with van der Waals surface area (Å²) >= 11 is 0.